The van der Waals surface area contributed by atoms with Crippen LogP contribution in [0, 0.1) is 5.92 Å². The summed E-state index contributed by atoms with van der Waals surface area (Å²) < 4.78 is 0. The summed E-state index contributed by atoms with van der Waals surface area (Å²) in [6, 6.07) is 0. The molecule has 0 amide bonds. The van der Waals surface area contributed by atoms with Crippen LogP contribution in [0.15, 0.2) is 0 Å². The van der Waals surface area contributed by atoms with E-state index in [9.17, 15) is 5.11 Å². The molecule has 0 aromatic rings. The minimum atomic E-state index is -0.0703. The van der Waals surface area contributed by atoms with Gasteiger partial charge in [-0.1, -0.05) is 6.92 Å². The number of rotatable bonds is 4. The first-order valence-electron chi connectivity index (χ1n) is 5.38. The summed E-state index contributed by atoms with van der Waals surface area (Å²) in [6.45, 7) is 6.12. The summed E-state index contributed by atoms with van der Waals surface area (Å²) in [5.41, 5.74) is 5.46. The lowest BCUT2D eigenvalue weighted by molar-refractivity contribution is 0.0251. The van der Waals surface area contributed by atoms with Crippen molar-refractivity contribution in [2.75, 3.05) is 26.2 Å². The minimum Gasteiger partial charge on any atom is -0.393 e. The van der Waals surface area contributed by atoms with Crippen molar-refractivity contribution in [2.24, 2.45) is 11.7 Å². The number of nitrogens with zero attached hydrogens (tertiary/aromatic N) is 1. The quantitative estimate of drug-likeness (QED) is 0.669. The van der Waals surface area contributed by atoms with Gasteiger partial charge < -0.3 is 15.7 Å². The molecule has 0 saturated carbocycles. The Balaban J connectivity index is 2.27. The topological polar surface area (TPSA) is 49.5 Å². The highest BCUT2D eigenvalue weighted by Gasteiger charge is 2.25. The lowest BCUT2D eigenvalue weighted by Crippen LogP contribution is -2.43. The van der Waals surface area contributed by atoms with Crippen molar-refractivity contribution >= 4 is 0 Å². The van der Waals surface area contributed by atoms with Crippen molar-refractivity contribution in [3.8, 4) is 0 Å². The smallest absolute Gasteiger partial charge is 0.0592 e. The zero-order chi connectivity index (χ0) is 9.68. The molecule has 78 valence electrons. The fourth-order valence-corrected chi connectivity index (χ4v) is 2.01. The van der Waals surface area contributed by atoms with Crippen molar-refractivity contribution in [2.45, 2.75) is 32.3 Å². The van der Waals surface area contributed by atoms with Crippen LogP contribution < -0.4 is 5.73 Å². The zero-order valence-corrected chi connectivity index (χ0v) is 8.58. The molecule has 0 aromatic heterocycles. The molecule has 0 spiro atoms. The molecule has 3 heteroatoms. The molecule has 1 rings (SSSR count). The molecule has 2 atom stereocenters. The summed E-state index contributed by atoms with van der Waals surface area (Å²) in [6.07, 6.45) is 3.02. The van der Waals surface area contributed by atoms with E-state index in [1.165, 1.54) is 0 Å². The lowest BCUT2D eigenvalue weighted by atomic mass is 9.92. The second-order valence-electron chi connectivity index (χ2n) is 3.97. The number of likely N-dealkylation sites (tertiary alicyclic amines) is 1. The van der Waals surface area contributed by atoms with E-state index in [-0.39, 0.29) is 6.10 Å². The fourth-order valence-electron chi connectivity index (χ4n) is 2.01. The Hall–Kier alpha value is -0.120. The molecule has 1 aliphatic heterocycles. The highest BCUT2D eigenvalue weighted by atomic mass is 16.3. The van der Waals surface area contributed by atoms with Gasteiger partial charge in [-0.2, -0.15) is 0 Å². The van der Waals surface area contributed by atoms with E-state index >= 15 is 0 Å². The number of nitrogens with two attached hydrogens (primary N) is 1. The highest BCUT2D eigenvalue weighted by molar-refractivity contribution is 4.78. The third-order valence-electron chi connectivity index (χ3n) is 2.98. The number of hydrogen-bond donors (Lipinski definition) is 2. The molecular weight excluding hydrogens is 164 g/mol. The van der Waals surface area contributed by atoms with Crippen LogP contribution in [0.2, 0.25) is 0 Å². The first-order chi connectivity index (χ1) is 6.27. The molecule has 0 radical (unpaired) electrons. The van der Waals surface area contributed by atoms with E-state index in [1.54, 1.807) is 0 Å². The summed E-state index contributed by atoms with van der Waals surface area (Å²) in [5.74, 6) is 0.478. The van der Waals surface area contributed by atoms with Gasteiger partial charge in [0.15, 0.2) is 0 Å². The van der Waals surface area contributed by atoms with E-state index in [0.29, 0.717) is 5.92 Å². The first kappa shape index (κ1) is 11.0. The van der Waals surface area contributed by atoms with Gasteiger partial charge >= 0.3 is 0 Å². The third kappa shape index (κ3) is 3.25. The average molecular weight is 186 g/mol. The summed E-state index contributed by atoms with van der Waals surface area (Å²) in [5, 5.41) is 9.66. The Labute approximate surface area is 80.9 Å². The number of hydrogen-bond acceptors (Lipinski definition) is 3. The number of aliphatic hydroxyl groups is 1. The van der Waals surface area contributed by atoms with Gasteiger partial charge in [-0.25, -0.2) is 0 Å². The molecule has 1 saturated heterocycles. The van der Waals surface area contributed by atoms with Gasteiger partial charge in [0.05, 0.1) is 6.10 Å². The van der Waals surface area contributed by atoms with Crippen molar-refractivity contribution in [1.29, 1.82) is 0 Å². The van der Waals surface area contributed by atoms with Gasteiger partial charge in [0, 0.05) is 13.1 Å². The normalized spacial score (nSPS) is 30.7. The van der Waals surface area contributed by atoms with Crippen molar-refractivity contribution in [1.82, 2.24) is 4.90 Å². The van der Waals surface area contributed by atoms with Crippen LogP contribution in [0.3, 0.4) is 0 Å². The Morgan fingerprint density at radius 2 is 2.31 bits per heavy atom. The van der Waals surface area contributed by atoms with E-state index in [2.05, 4.69) is 11.8 Å². The Morgan fingerprint density at radius 3 is 2.92 bits per heavy atom. The molecule has 1 heterocycles. The van der Waals surface area contributed by atoms with Crippen LogP contribution in [-0.4, -0.2) is 42.3 Å². The van der Waals surface area contributed by atoms with Crippen LogP contribution in [0.5, 0.6) is 0 Å². The summed E-state index contributed by atoms with van der Waals surface area (Å²) in [7, 11) is 0. The van der Waals surface area contributed by atoms with E-state index in [4.69, 9.17) is 5.73 Å². The van der Waals surface area contributed by atoms with E-state index in [1.807, 2.05) is 0 Å². The number of piperidine rings is 1. The maximum Gasteiger partial charge on any atom is 0.0592 e. The van der Waals surface area contributed by atoms with E-state index < -0.39 is 0 Å². The zero-order valence-electron chi connectivity index (χ0n) is 8.58. The molecule has 0 unspecified atom stereocenters. The lowest BCUT2D eigenvalue weighted by Gasteiger charge is -2.35. The van der Waals surface area contributed by atoms with Gasteiger partial charge in [-0.15, -0.1) is 0 Å². The Kier molecular flexibility index (Phi) is 4.70. The molecule has 0 aromatic carbocycles. The van der Waals surface area contributed by atoms with Crippen LogP contribution in [0.25, 0.3) is 0 Å². The Bertz CT molecular complexity index is 139. The monoisotopic (exact) mass is 186 g/mol. The maximum atomic E-state index is 9.66. The van der Waals surface area contributed by atoms with Gasteiger partial charge in [-0.05, 0) is 38.3 Å². The van der Waals surface area contributed by atoms with Crippen LogP contribution >= 0.6 is 0 Å². The first-order valence-corrected chi connectivity index (χ1v) is 5.38. The predicted molar refractivity (Wildman–Crippen MR) is 54.5 cm³/mol. The SMILES string of the molecule is CC[C@H]1CN(CCCN)CC[C@H]1O. The minimum absolute atomic E-state index is 0.0703. The molecule has 0 aliphatic carbocycles. The van der Waals surface area contributed by atoms with Crippen LogP contribution in [-0.2, 0) is 0 Å². The van der Waals surface area contributed by atoms with E-state index in [0.717, 1.165) is 45.4 Å². The van der Waals surface area contributed by atoms with Crippen molar-refractivity contribution in [3.05, 3.63) is 0 Å². The largest absolute Gasteiger partial charge is 0.393 e. The molecule has 3 N–H and O–H groups in total. The molecule has 1 fully saturated rings. The second kappa shape index (κ2) is 5.58. The van der Waals surface area contributed by atoms with Gasteiger partial charge in [0.2, 0.25) is 0 Å². The van der Waals surface area contributed by atoms with Gasteiger partial charge in [-0.3, -0.25) is 0 Å². The van der Waals surface area contributed by atoms with Crippen LogP contribution in [0.1, 0.15) is 26.2 Å². The molecule has 13 heavy (non-hydrogen) atoms. The predicted octanol–water partition coefficient (Wildman–Crippen LogP) is 0.428. The van der Waals surface area contributed by atoms with Crippen molar-refractivity contribution in [3.63, 3.8) is 0 Å². The molecule has 1 aliphatic rings. The molecule has 3 nitrogen and oxygen atoms in total. The maximum absolute atomic E-state index is 9.66. The Morgan fingerprint density at radius 1 is 1.54 bits per heavy atom. The standard InChI is InChI=1S/C10H22N2O/c1-2-9-8-12(6-3-5-11)7-4-10(9)13/h9-10,13H,2-8,11H2,1H3/t9-,10+/m0/s1. The second-order valence-corrected chi connectivity index (χ2v) is 3.97. The molecule has 0 bridgehead atoms. The van der Waals surface area contributed by atoms with Crippen molar-refractivity contribution < 1.29 is 5.11 Å². The summed E-state index contributed by atoms with van der Waals surface area (Å²) >= 11 is 0. The van der Waals surface area contributed by atoms with Crippen LogP contribution in [0.4, 0.5) is 0 Å². The highest BCUT2D eigenvalue weighted by Crippen LogP contribution is 2.19. The van der Waals surface area contributed by atoms with Gasteiger partial charge in [0.1, 0.15) is 0 Å². The average Bonchev–Trinajstić information content (AvgIpc) is 2.16. The van der Waals surface area contributed by atoms with Gasteiger partial charge in [0.25, 0.3) is 0 Å². The molecular formula is C10H22N2O. The summed E-state index contributed by atoms with van der Waals surface area (Å²) in [4.78, 5) is 2.42. The fraction of sp³-hybridized carbons (Fsp3) is 1.00. The third-order valence-corrected chi connectivity index (χ3v) is 2.98. The number of aliphatic hydroxyl groups excluding tert-OH is 1.